The van der Waals surface area contributed by atoms with Gasteiger partial charge in [-0.15, -0.1) is 0 Å². The minimum Gasteiger partial charge on any atom is -0.497 e. The van der Waals surface area contributed by atoms with Gasteiger partial charge in [-0.2, -0.15) is 0 Å². The summed E-state index contributed by atoms with van der Waals surface area (Å²) in [5, 5.41) is 5.39. The molecule has 0 aromatic heterocycles. The highest BCUT2D eigenvalue weighted by Crippen LogP contribution is 2.56. The summed E-state index contributed by atoms with van der Waals surface area (Å²) >= 11 is 0. The molecule has 7 unspecified atom stereocenters. The molecule has 7 atom stereocenters. The molecule has 0 radical (unpaired) electrons. The molecule has 37 nitrogen and oxygen atoms in total. The first-order valence-corrected chi connectivity index (χ1v) is 43.9. The van der Waals surface area contributed by atoms with E-state index in [1.807, 2.05) is 78.9 Å². The van der Waals surface area contributed by atoms with Crippen molar-refractivity contribution >= 4 is 69.5 Å². The number of ether oxygens (including phenoxy) is 3. The van der Waals surface area contributed by atoms with Gasteiger partial charge >= 0.3 is 63.6 Å². The number of amides is 1. The first-order valence-electron chi connectivity index (χ1n) is 31.7. The number of methoxy groups -OCH3 is 2. The van der Waals surface area contributed by atoms with Crippen LogP contribution < -0.4 is 20.1 Å². The summed E-state index contributed by atoms with van der Waals surface area (Å²) in [6, 6.07) is 24.3. The Bertz CT molecular complexity index is 3060. The molecule has 0 saturated heterocycles. The summed E-state index contributed by atoms with van der Waals surface area (Å²) in [4.78, 5) is 12.4. The molecule has 2 N–H and O–H groups in total. The lowest BCUT2D eigenvalue weighted by atomic mass is 9.80. The number of rotatable bonds is 64. The molecule has 3 rings (SSSR count). The summed E-state index contributed by atoms with van der Waals surface area (Å²) in [5.41, 5.74) is 1.09. The number of hydrogen-bond donors (Lipinski definition) is 2. The Balaban J connectivity index is 1.46. The van der Waals surface area contributed by atoms with Crippen LogP contribution in [0.5, 0.6) is 11.5 Å². The van der Waals surface area contributed by atoms with E-state index in [9.17, 15) is 36.7 Å². The van der Waals surface area contributed by atoms with Crippen LogP contribution in [0.15, 0.2) is 78.9 Å². The molecule has 0 spiro atoms. The summed E-state index contributed by atoms with van der Waals surface area (Å²) in [6.45, 7) is 1.86. The molecular formula is C56H99N2O35P7Si. The summed E-state index contributed by atoms with van der Waals surface area (Å²) in [6.07, 6.45) is 0.167. The van der Waals surface area contributed by atoms with Crippen LogP contribution in [0.2, 0.25) is 0 Å². The lowest BCUT2D eigenvalue weighted by molar-refractivity contribution is -0.123. The second-order valence-corrected chi connectivity index (χ2v) is 33.6. The Morgan fingerprint density at radius 1 is 0.337 bits per heavy atom. The van der Waals surface area contributed by atoms with Gasteiger partial charge in [-0.25, -0.2) is 32.0 Å². The van der Waals surface area contributed by atoms with Crippen molar-refractivity contribution < 1.29 is 159 Å². The van der Waals surface area contributed by atoms with Crippen LogP contribution in [0.25, 0.3) is 0 Å². The fraction of sp³-hybridized carbons (Fsp3) is 0.661. The zero-order valence-corrected chi connectivity index (χ0v) is 66.2. The Hall–Kier alpha value is -2.48. The number of carbonyl (C=O) groups excluding carboxylic acids is 1. The molecule has 0 aliphatic carbocycles. The minimum absolute atomic E-state index is 0.0442. The third kappa shape index (κ3) is 34.1. The van der Waals surface area contributed by atoms with E-state index in [0.29, 0.717) is 11.5 Å². The number of benzene rings is 3. The molecule has 101 heavy (non-hydrogen) atoms. The van der Waals surface area contributed by atoms with Crippen molar-refractivity contribution in [2.24, 2.45) is 0 Å². The quantitative estimate of drug-likeness (QED) is 0.0174. The summed E-state index contributed by atoms with van der Waals surface area (Å²) in [7, 11) is -26.1. The molecule has 1 amide bonds. The first-order chi connectivity index (χ1) is 48.3. The number of phosphoric ester groups is 7. The second kappa shape index (κ2) is 49.5. The zero-order valence-electron chi connectivity index (χ0n) is 58.9. The van der Waals surface area contributed by atoms with E-state index in [0.717, 1.165) is 16.7 Å². The van der Waals surface area contributed by atoms with Gasteiger partial charge in [-0.05, 0) is 89.4 Å². The predicted octanol–water partition coefficient (Wildman–Crippen LogP) is 11.3. The van der Waals surface area contributed by atoms with Crippen LogP contribution in [0, 0.1) is 0 Å². The molecular weight excluding hydrogens is 1510 g/mol. The molecule has 582 valence electrons. The van der Waals surface area contributed by atoms with Gasteiger partial charge in [0.1, 0.15) is 23.7 Å². The van der Waals surface area contributed by atoms with Crippen molar-refractivity contribution in [2.75, 3.05) is 194 Å². The van der Waals surface area contributed by atoms with Gasteiger partial charge in [0.2, 0.25) is 5.91 Å². The van der Waals surface area contributed by atoms with Gasteiger partial charge in [0.05, 0.1) is 166 Å². The number of carbonyl (C=O) groups is 1. The van der Waals surface area contributed by atoms with Crippen molar-refractivity contribution in [3.8, 4) is 11.5 Å². The van der Waals surface area contributed by atoms with E-state index < -0.39 is 161 Å². The summed E-state index contributed by atoms with van der Waals surface area (Å²) < 4.78 is 239. The highest BCUT2D eigenvalue weighted by Gasteiger charge is 2.41. The van der Waals surface area contributed by atoms with Gasteiger partial charge in [0.25, 0.3) is 0 Å². The van der Waals surface area contributed by atoms with Crippen molar-refractivity contribution in [1.82, 2.24) is 10.6 Å². The molecule has 0 aliphatic rings. The van der Waals surface area contributed by atoms with Gasteiger partial charge in [0, 0.05) is 21.3 Å². The third-order valence-corrected chi connectivity index (χ3v) is 25.9. The minimum atomic E-state index is -4.41. The Morgan fingerprint density at radius 2 is 0.584 bits per heavy atom. The molecule has 0 heterocycles. The largest absolute Gasteiger partial charge is 0.514 e. The van der Waals surface area contributed by atoms with Crippen molar-refractivity contribution in [2.45, 2.75) is 54.1 Å². The molecule has 3 aromatic carbocycles. The fourth-order valence-corrected chi connectivity index (χ4v) is 17.4. The third-order valence-electron chi connectivity index (χ3n) is 12.4. The molecule has 0 saturated carbocycles. The van der Waals surface area contributed by atoms with Crippen LogP contribution in [-0.4, -0.2) is 208 Å². The van der Waals surface area contributed by atoms with Gasteiger partial charge < -0.3 is 32.8 Å². The van der Waals surface area contributed by atoms with Crippen LogP contribution in [-0.2, 0) is 155 Å². The average molecular weight is 1610 g/mol. The molecule has 0 bridgehead atoms. The van der Waals surface area contributed by atoms with E-state index in [-0.39, 0.29) is 72.3 Å². The van der Waals surface area contributed by atoms with Crippen molar-refractivity contribution in [1.29, 1.82) is 0 Å². The van der Waals surface area contributed by atoms with E-state index in [1.54, 1.807) is 21.1 Å². The number of phosphoric acid groups is 7. The maximum absolute atomic E-state index is 13.8. The second-order valence-electron chi connectivity index (χ2n) is 19.0. The molecule has 3 aromatic rings. The predicted molar refractivity (Wildman–Crippen MR) is 364 cm³/mol. The molecule has 0 fully saturated rings. The fourth-order valence-electron chi connectivity index (χ4n) is 8.13. The SMILES string of the molecule is CCOP(=O)(OCCOC(c1ccccc1)(c1ccc(OC)cc1)c1ccc(OC)cc1)OCCOP(=O)(OCC)OCCOP(=O)(OCC)OCCOP(=O)(OCC)OCCOP(=O)(OCC)OCCOP(=O)(OCC)OCCOP(=O)(OCC)OCC(=O)NCNC[Si](OC)(OC)OC. The highest BCUT2D eigenvalue weighted by atomic mass is 31.2. The van der Waals surface area contributed by atoms with Gasteiger partial charge in [0.15, 0.2) is 0 Å². The van der Waals surface area contributed by atoms with Crippen molar-refractivity contribution in [3.05, 3.63) is 95.6 Å². The van der Waals surface area contributed by atoms with E-state index in [4.69, 9.17) is 122 Å². The van der Waals surface area contributed by atoms with Crippen molar-refractivity contribution in [3.63, 3.8) is 0 Å². The van der Waals surface area contributed by atoms with E-state index in [1.165, 1.54) is 62.9 Å². The average Bonchev–Trinajstić information content (AvgIpc) is 0.755. The lowest BCUT2D eigenvalue weighted by Crippen LogP contribution is -2.54. The maximum Gasteiger partial charge on any atom is 0.514 e. The Morgan fingerprint density at radius 3 is 0.832 bits per heavy atom. The zero-order chi connectivity index (χ0) is 74.6. The maximum atomic E-state index is 13.8. The van der Waals surface area contributed by atoms with E-state index in [2.05, 4.69) is 10.6 Å². The van der Waals surface area contributed by atoms with Crippen LogP contribution in [0.1, 0.15) is 65.2 Å². The first kappa shape index (κ1) is 92.7. The highest BCUT2D eigenvalue weighted by molar-refractivity contribution is 7.50. The van der Waals surface area contributed by atoms with Crippen LogP contribution >= 0.6 is 54.8 Å². The molecule has 0 aliphatic heterocycles. The topological polar surface area (TPSA) is 410 Å². The summed E-state index contributed by atoms with van der Waals surface area (Å²) in [5.74, 6) is 0.585. The van der Waals surface area contributed by atoms with Gasteiger partial charge in [-0.3, -0.25) is 105 Å². The Labute approximate surface area is 591 Å². The number of hydrogen-bond acceptors (Lipinski definition) is 36. The monoisotopic (exact) mass is 1600 g/mol. The van der Waals surface area contributed by atoms with Crippen LogP contribution in [0.4, 0.5) is 0 Å². The lowest BCUT2D eigenvalue weighted by Gasteiger charge is -2.36. The smallest absolute Gasteiger partial charge is 0.497 e. The van der Waals surface area contributed by atoms with Crippen LogP contribution in [0.3, 0.4) is 0 Å². The molecule has 45 heteroatoms. The van der Waals surface area contributed by atoms with Gasteiger partial charge in [-0.1, -0.05) is 54.6 Å². The van der Waals surface area contributed by atoms with E-state index >= 15 is 0 Å². The Kier molecular flexibility index (Phi) is 45.4. The standard InChI is InChI=1S/C56H99N2O35P7Si/c1-13-73-94(60,80-34-33-72-56(50-23-21-20-22-24-50,51-25-29-53(67-8)30-26-51)52-27-31-54(68-9)32-28-52)81-35-36-82-95(61,74-14-2)83-37-38-84-96(62,75-15-3)85-39-40-86-97(63,76-16-4)87-41-42-88-98(64,77-17-5)89-43-44-90-99(65,78-18-6)91-45-46-92-100(66,79-19-7)93-47-55(59)58-48-57-49-101(69-10,70-11)71-12/h20-32,57H,13-19,33-49H2,1-12H3,(H,58,59). The number of nitrogens with one attached hydrogen (secondary N) is 2. The normalized spacial score (nSPS) is 16.4.